The smallest absolute Gasteiger partial charge is 0.308 e. The molecular formula is C15H10Cl2N2O5. The van der Waals surface area contributed by atoms with Crippen molar-refractivity contribution in [2.24, 2.45) is 0 Å². The number of halogens is 2. The molecule has 0 aliphatic rings. The lowest BCUT2D eigenvalue weighted by Crippen LogP contribution is -2.15. The zero-order valence-corrected chi connectivity index (χ0v) is 13.7. The van der Waals surface area contributed by atoms with Crippen LogP contribution in [0.3, 0.4) is 0 Å². The minimum absolute atomic E-state index is 0.0200. The number of nitrogens with one attached hydrogen (secondary N) is 1. The number of rotatable bonds is 4. The lowest BCUT2D eigenvalue weighted by molar-refractivity contribution is -0.384. The summed E-state index contributed by atoms with van der Waals surface area (Å²) in [6, 6.07) is 8.22. The number of hydrogen-bond donors (Lipinski definition) is 1. The quantitative estimate of drug-likeness (QED) is 0.379. The van der Waals surface area contributed by atoms with Gasteiger partial charge in [-0.15, -0.1) is 0 Å². The van der Waals surface area contributed by atoms with Crippen molar-refractivity contribution in [1.29, 1.82) is 0 Å². The first-order chi connectivity index (χ1) is 11.3. The second kappa shape index (κ2) is 7.29. The zero-order chi connectivity index (χ0) is 17.9. The first kappa shape index (κ1) is 17.7. The summed E-state index contributed by atoms with van der Waals surface area (Å²) in [5, 5.41) is 13.0. The number of hydrogen-bond acceptors (Lipinski definition) is 5. The Balaban J connectivity index is 2.34. The van der Waals surface area contributed by atoms with Gasteiger partial charge in [-0.05, 0) is 12.1 Å². The average molecular weight is 369 g/mol. The highest BCUT2D eigenvalue weighted by atomic mass is 35.5. The van der Waals surface area contributed by atoms with Gasteiger partial charge in [0.15, 0.2) is 0 Å². The van der Waals surface area contributed by atoms with E-state index in [-0.39, 0.29) is 32.7 Å². The van der Waals surface area contributed by atoms with E-state index in [4.69, 9.17) is 27.9 Å². The van der Waals surface area contributed by atoms with Gasteiger partial charge in [0.1, 0.15) is 5.75 Å². The van der Waals surface area contributed by atoms with Gasteiger partial charge in [0.2, 0.25) is 0 Å². The van der Waals surface area contributed by atoms with Crippen LogP contribution >= 0.6 is 23.2 Å². The molecule has 0 fully saturated rings. The fourth-order valence-electron chi connectivity index (χ4n) is 1.86. The summed E-state index contributed by atoms with van der Waals surface area (Å²) in [7, 11) is 0. The molecule has 0 atom stereocenters. The number of carbonyl (C=O) groups is 2. The van der Waals surface area contributed by atoms with Crippen molar-refractivity contribution in [3.8, 4) is 5.75 Å². The molecule has 0 radical (unpaired) electrons. The Kier molecular flexibility index (Phi) is 5.38. The number of ether oxygens (including phenoxy) is 1. The van der Waals surface area contributed by atoms with Crippen LogP contribution in [0.4, 0.5) is 11.4 Å². The largest absolute Gasteiger partial charge is 0.426 e. The highest BCUT2D eigenvalue weighted by Crippen LogP contribution is 2.35. The van der Waals surface area contributed by atoms with Gasteiger partial charge in [0, 0.05) is 19.1 Å². The van der Waals surface area contributed by atoms with E-state index < -0.39 is 16.8 Å². The molecule has 0 aliphatic heterocycles. The van der Waals surface area contributed by atoms with Gasteiger partial charge in [-0.1, -0.05) is 35.3 Å². The van der Waals surface area contributed by atoms with Crippen molar-refractivity contribution in [2.75, 3.05) is 5.32 Å². The molecule has 0 unspecified atom stereocenters. The first-order valence-electron chi connectivity index (χ1n) is 6.52. The van der Waals surface area contributed by atoms with Gasteiger partial charge in [-0.25, -0.2) is 0 Å². The lowest BCUT2D eigenvalue weighted by Gasteiger charge is -2.11. The number of carbonyl (C=O) groups excluding carboxylic acids is 2. The number of non-ortho nitro benzene ring substituents is 1. The van der Waals surface area contributed by atoms with Crippen LogP contribution in [0.25, 0.3) is 0 Å². The minimum Gasteiger partial charge on any atom is -0.426 e. The molecule has 0 saturated heterocycles. The van der Waals surface area contributed by atoms with Crippen molar-refractivity contribution >= 4 is 46.5 Å². The van der Waals surface area contributed by atoms with Crippen LogP contribution in [0.5, 0.6) is 5.75 Å². The van der Waals surface area contributed by atoms with Gasteiger partial charge >= 0.3 is 5.97 Å². The van der Waals surface area contributed by atoms with Crippen molar-refractivity contribution in [3.63, 3.8) is 0 Å². The predicted octanol–water partition coefficient (Wildman–Crippen LogP) is 4.08. The van der Waals surface area contributed by atoms with E-state index in [2.05, 4.69) is 5.32 Å². The Morgan fingerprint density at radius 1 is 1.17 bits per heavy atom. The molecule has 0 saturated carbocycles. The number of esters is 1. The van der Waals surface area contributed by atoms with E-state index in [0.29, 0.717) is 0 Å². The van der Waals surface area contributed by atoms with Crippen LogP contribution in [-0.4, -0.2) is 16.8 Å². The van der Waals surface area contributed by atoms with E-state index in [9.17, 15) is 19.7 Å². The topological polar surface area (TPSA) is 98.5 Å². The maximum atomic E-state index is 12.4. The summed E-state index contributed by atoms with van der Waals surface area (Å²) in [4.78, 5) is 33.6. The molecule has 0 spiro atoms. The summed E-state index contributed by atoms with van der Waals surface area (Å²) >= 11 is 11.9. The Bertz CT molecular complexity index is 815. The van der Waals surface area contributed by atoms with E-state index in [1.165, 1.54) is 19.1 Å². The third-order valence-corrected chi connectivity index (χ3v) is 3.46. The van der Waals surface area contributed by atoms with Crippen LogP contribution in [0, 0.1) is 10.1 Å². The summed E-state index contributed by atoms with van der Waals surface area (Å²) in [5.41, 5.74) is -0.201. The molecule has 2 aromatic carbocycles. The third-order valence-electron chi connectivity index (χ3n) is 2.86. The molecule has 9 heteroatoms. The summed E-state index contributed by atoms with van der Waals surface area (Å²) in [5.74, 6) is -1.15. The maximum Gasteiger partial charge on any atom is 0.308 e. The molecule has 0 heterocycles. The molecule has 1 amide bonds. The molecule has 0 bridgehead atoms. The second-order valence-electron chi connectivity index (χ2n) is 4.59. The molecule has 0 aromatic heterocycles. The Labute approximate surface area is 146 Å². The standard InChI is InChI=1S/C15H10Cl2N2O5/c1-8(20)24-13-5-3-2-4-10(13)15(21)18-14-11(16)6-9(19(22)23)7-12(14)17/h2-7H,1H3,(H,18,21). The monoisotopic (exact) mass is 368 g/mol. The molecule has 2 aromatic rings. The Morgan fingerprint density at radius 2 is 1.75 bits per heavy atom. The fourth-order valence-corrected chi connectivity index (χ4v) is 2.43. The van der Waals surface area contributed by atoms with Gasteiger partial charge < -0.3 is 10.1 Å². The molecule has 7 nitrogen and oxygen atoms in total. The van der Waals surface area contributed by atoms with Crippen LogP contribution in [0.15, 0.2) is 36.4 Å². The van der Waals surface area contributed by atoms with Crippen molar-refractivity contribution < 1.29 is 19.2 Å². The summed E-state index contributed by atoms with van der Waals surface area (Å²) in [6.45, 7) is 1.21. The molecular weight excluding hydrogens is 359 g/mol. The average Bonchev–Trinajstić information content (AvgIpc) is 2.50. The van der Waals surface area contributed by atoms with Gasteiger partial charge in [0.05, 0.1) is 26.2 Å². The second-order valence-corrected chi connectivity index (χ2v) is 5.40. The summed E-state index contributed by atoms with van der Waals surface area (Å²) in [6.07, 6.45) is 0. The molecule has 124 valence electrons. The normalized spacial score (nSPS) is 10.1. The highest BCUT2D eigenvalue weighted by Gasteiger charge is 2.19. The lowest BCUT2D eigenvalue weighted by atomic mass is 10.1. The molecule has 1 N–H and O–H groups in total. The third kappa shape index (κ3) is 4.01. The van der Waals surface area contributed by atoms with Gasteiger partial charge in [-0.2, -0.15) is 0 Å². The number of nitrogens with zero attached hydrogens (tertiary/aromatic N) is 1. The van der Waals surface area contributed by atoms with Crippen molar-refractivity contribution in [1.82, 2.24) is 0 Å². The minimum atomic E-state index is -0.653. The van der Waals surface area contributed by atoms with Crippen molar-refractivity contribution in [3.05, 3.63) is 62.1 Å². The number of anilines is 1. The molecule has 2 rings (SSSR count). The van der Waals surface area contributed by atoms with E-state index in [1.807, 2.05) is 0 Å². The SMILES string of the molecule is CC(=O)Oc1ccccc1C(=O)Nc1c(Cl)cc([N+](=O)[O-])cc1Cl. The van der Waals surface area contributed by atoms with E-state index in [1.54, 1.807) is 12.1 Å². The van der Waals surface area contributed by atoms with E-state index in [0.717, 1.165) is 12.1 Å². The highest BCUT2D eigenvalue weighted by molar-refractivity contribution is 6.40. The van der Waals surface area contributed by atoms with Crippen LogP contribution in [-0.2, 0) is 4.79 Å². The van der Waals surface area contributed by atoms with Crippen LogP contribution < -0.4 is 10.1 Å². The fraction of sp³-hybridized carbons (Fsp3) is 0.0667. The number of nitro groups is 1. The Hall–Kier alpha value is -2.64. The molecule has 24 heavy (non-hydrogen) atoms. The van der Waals surface area contributed by atoms with Crippen molar-refractivity contribution in [2.45, 2.75) is 6.92 Å². The van der Waals surface area contributed by atoms with Gasteiger partial charge in [0.25, 0.3) is 11.6 Å². The Morgan fingerprint density at radius 3 is 2.29 bits per heavy atom. The maximum absolute atomic E-state index is 12.4. The zero-order valence-electron chi connectivity index (χ0n) is 12.2. The summed E-state index contributed by atoms with van der Waals surface area (Å²) < 4.78 is 4.96. The van der Waals surface area contributed by atoms with E-state index >= 15 is 0 Å². The number of nitro benzene ring substituents is 1. The molecule has 0 aliphatic carbocycles. The van der Waals surface area contributed by atoms with Crippen LogP contribution in [0.2, 0.25) is 10.0 Å². The number of amides is 1. The number of benzene rings is 2. The van der Waals surface area contributed by atoms with Crippen LogP contribution in [0.1, 0.15) is 17.3 Å². The number of para-hydroxylation sites is 1. The predicted molar refractivity (Wildman–Crippen MR) is 88.8 cm³/mol. The van der Waals surface area contributed by atoms with Gasteiger partial charge in [-0.3, -0.25) is 19.7 Å². The first-order valence-corrected chi connectivity index (χ1v) is 7.27.